The van der Waals surface area contributed by atoms with E-state index >= 15 is 0 Å². The first-order valence-corrected chi connectivity index (χ1v) is 7.96. The van der Waals surface area contributed by atoms with Crippen LogP contribution in [-0.4, -0.2) is 48.6 Å². The molecule has 7 nitrogen and oxygen atoms in total. The first-order valence-electron chi connectivity index (χ1n) is 5.74. The van der Waals surface area contributed by atoms with E-state index in [1.165, 1.54) is 41.0 Å². The highest BCUT2D eigenvalue weighted by atomic mass is 32.2. The van der Waals surface area contributed by atoms with E-state index in [-0.39, 0.29) is 5.91 Å². The minimum absolute atomic E-state index is 0.177. The van der Waals surface area contributed by atoms with Crippen molar-refractivity contribution in [1.82, 2.24) is 13.6 Å². The Hall–Kier alpha value is -1.03. The monoisotopic (exact) mass is 304 g/mol. The summed E-state index contributed by atoms with van der Waals surface area (Å²) in [5, 5.41) is 3.16. The molecular formula is C10H16N4O3S2. The van der Waals surface area contributed by atoms with Crippen molar-refractivity contribution in [3.8, 4) is 0 Å². The molecule has 0 fully saturated rings. The van der Waals surface area contributed by atoms with Gasteiger partial charge in [0.1, 0.15) is 0 Å². The fourth-order valence-corrected chi connectivity index (χ4v) is 4.03. The molecule has 0 spiro atoms. The quantitative estimate of drug-likeness (QED) is 0.868. The molecule has 0 atom stereocenters. The number of aromatic nitrogens is 1. The summed E-state index contributed by atoms with van der Waals surface area (Å²) < 4.78 is 26.7. The zero-order chi connectivity index (χ0) is 14.2. The average molecular weight is 304 g/mol. The van der Waals surface area contributed by atoms with Crippen LogP contribution in [-0.2, 0) is 28.0 Å². The second-order valence-electron chi connectivity index (χ2n) is 4.44. The van der Waals surface area contributed by atoms with Crippen molar-refractivity contribution < 1.29 is 13.2 Å². The molecule has 0 radical (unpaired) electrons. The zero-order valence-electron chi connectivity index (χ0n) is 11.0. The molecule has 0 bridgehead atoms. The molecule has 9 heteroatoms. The molecule has 2 rings (SSSR count). The third-order valence-corrected chi connectivity index (χ3v) is 5.65. The van der Waals surface area contributed by atoms with Crippen molar-refractivity contribution in [3.63, 3.8) is 0 Å². The van der Waals surface area contributed by atoms with E-state index in [2.05, 4.69) is 10.3 Å². The van der Waals surface area contributed by atoms with Crippen LogP contribution in [0.15, 0.2) is 0 Å². The number of fused-ring (bicyclic) bond motifs is 1. The van der Waals surface area contributed by atoms with Gasteiger partial charge in [-0.25, -0.2) is 4.98 Å². The average Bonchev–Trinajstić information content (AvgIpc) is 2.68. The van der Waals surface area contributed by atoms with Crippen molar-refractivity contribution >= 4 is 32.6 Å². The van der Waals surface area contributed by atoms with Crippen LogP contribution in [0, 0.1) is 0 Å². The van der Waals surface area contributed by atoms with Crippen LogP contribution in [0.4, 0.5) is 5.13 Å². The highest BCUT2D eigenvalue weighted by Crippen LogP contribution is 2.29. The minimum Gasteiger partial charge on any atom is -0.302 e. The summed E-state index contributed by atoms with van der Waals surface area (Å²) in [7, 11) is -0.370. The lowest BCUT2D eigenvalue weighted by Gasteiger charge is -2.27. The van der Waals surface area contributed by atoms with Crippen LogP contribution in [0.1, 0.15) is 17.5 Å². The molecule has 19 heavy (non-hydrogen) atoms. The number of rotatable bonds is 3. The van der Waals surface area contributed by atoms with Gasteiger partial charge < -0.3 is 5.32 Å². The fraction of sp³-hybridized carbons (Fsp3) is 0.600. The molecule has 1 aliphatic heterocycles. The maximum atomic E-state index is 12.0. The topological polar surface area (TPSA) is 82.6 Å². The molecule has 1 N–H and O–H groups in total. The van der Waals surface area contributed by atoms with Crippen molar-refractivity contribution in [2.75, 3.05) is 26.0 Å². The van der Waals surface area contributed by atoms with Crippen LogP contribution in [0.5, 0.6) is 0 Å². The van der Waals surface area contributed by atoms with Gasteiger partial charge in [-0.3, -0.25) is 4.79 Å². The number of hydrogen-bond acceptors (Lipinski definition) is 5. The summed E-state index contributed by atoms with van der Waals surface area (Å²) in [5.74, 6) is -0.177. The standard InChI is InChI=1S/C10H16N4O3S2/c1-7(15)11-10-12-8-4-5-14(6-9(8)18-10)19(16,17)13(2)3/h4-6H2,1-3H3,(H,11,12,15). The largest absolute Gasteiger partial charge is 0.302 e. The summed E-state index contributed by atoms with van der Waals surface area (Å²) in [5.41, 5.74) is 0.874. The Kier molecular flexibility index (Phi) is 3.90. The normalized spacial score (nSPS) is 16.4. The van der Waals surface area contributed by atoms with E-state index in [1.807, 2.05) is 0 Å². The molecule has 1 aromatic rings. The van der Waals surface area contributed by atoms with Gasteiger partial charge in [-0.2, -0.15) is 17.0 Å². The van der Waals surface area contributed by atoms with Crippen LogP contribution >= 0.6 is 11.3 Å². The number of amides is 1. The number of hydrogen-bond donors (Lipinski definition) is 1. The van der Waals surface area contributed by atoms with Crippen molar-refractivity contribution in [3.05, 3.63) is 10.6 Å². The van der Waals surface area contributed by atoms with Crippen molar-refractivity contribution in [2.45, 2.75) is 19.9 Å². The zero-order valence-corrected chi connectivity index (χ0v) is 12.6. The number of carbonyl (C=O) groups is 1. The highest BCUT2D eigenvalue weighted by Gasteiger charge is 2.30. The second kappa shape index (κ2) is 5.16. The Bertz CT molecular complexity index is 594. The smallest absolute Gasteiger partial charge is 0.281 e. The van der Waals surface area contributed by atoms with Gasteiger partial charge in [0, 0.05) is 38.9 Å². The lowest BCUT2D eigenvalue weighted by atomic mass is 10.2. The van der Waals surface area contributed by atoms with Crippen molar-refractivity contribution in [2.24, 2.45) is 0 Å². The Balaban J connectivity index is 2.20. The second-order valence-corrected chi connectivity index (χ2v) is 7.67. The minimum atomic E-state index is -3.40. The molecule has 2 heterocycles. The number of anilines is 1. The number of nitrogens with one attached hydrogen (secondary N) is 1. The molecule has 1 aliphatic rings. The molecule has 106 valence electrons. The van der Waals surface area contributed by atoms with Crippen LogP contribution < -0.4 is 5.32 Å². The Morgan fingerprint density at radius 1 is 1.47 bits per heavy atom. The molecule has 0 aromatic carbocycles. The van der Waals surface area contributed by atoms with E-state index in [4.69, 9.17) is 0 Å². The van der Waals surface area contributed by atoms with Gasteiger partial charge in [0.05, 0.1) is 12.2 Å². The lowest BCUT2D eigenvalue weighted by molar-refractivity contribution is -0.114. The Morgan fingerprint density at radius 3 is 2.74 bits per heavy atom. The summed E-state index contributed by atoms with van der Waals surface area (Å²) in [6, 6.07) is 0. The third kappa shape index (κ3) is 2.94. The Morgan fingerprint density at radius 2 is 2.16 bits per heavy atom. The van der Waals surface area contributed by atoms with Gasteiger partial charge in [0.15, 0.2) is 5.13 Å². The fourth-order valence-electron chi connectivity index (χ4n) is 1.80. The van der Waals surface area contributed by atoms with E-state index in [1.54, 1.807) is 0 Å². The maximum Gasteiger partial charge on any atom is 0.281 e. The van der Waals surface area contributed by atoms with Crippen LogP contribution in [0.3, 0.4) is 0 Å². The van der Waals surface area contributed by atoms with Gasteiger partial charge >= 0.3 is 0 Å². The number of carbonyl (C=O) groups excluding carboxylic acids is 1. The summed E-state index contributed by atoms with van der Waals surface area (Å²) in [4.78, 5) is 16.2. The van der Waals surface area contributed by atoms with Gasteiger partial charge in [-0.15, -0.1) is 11.3 Å². The molecule has 0 saturated heterocycles. The van der Waals surface area contributed by atoms with E-state index in [9.17, 15) is 13.2 Å². The molecule has 0 aliphatic carbocycles. The molecule has 1 aromatic heterocycles. The molecule has 1 amide bonds. The Labute approximate surface area is 116 Å². The molecule has 0 unspecified atom stereocenters. The summed E-state index contributed by atoms with van der Waals surface area (Å²) in [6.07, 6.45) is 0.568. The SMILES string of the molecule is CC(=O)Nc1nc2c(s1)CN(S(=O)(=O)N(C)C)CC2. The van der Waals surface area contributed by atoms with Gasteiger partial charge in [0.25, 0.3) is 10.2 Å². The summed E-state index contributed by atoms with van der Waals surface area (Å²) >= 11 is 1.33. The van der Waals surface area contributed by atoms with E-state index < -0.39 is 10.2 Å². The van der Waals surface area contributed by atoms with E-state index in [0.717, 1.165) is 10.6 Å². The number of thiazole rings is 1. The van der Waals surface area contributed by atoms with Crippen LogP contribution in [0.25, 0.3) is 0 Å². The first-order chi connectivity index (χ1) is 8.80. The van der Waals surface area contributed by atoms with E-state index in [0.29, 0.717) is 24.6 Å². The van der Waals surface area contributed by atoms with Crippen molar-refractivity contribution in [1.29, 1.82) is 0 Å². The highest BCUT2D eigenvalue weighted by molar-refractivity contribution is 7.86. The first kappa shape index (κ1) is 14.4. The van der Waals surface area contributed by atoms with Gasteiger partial charge in [-0.05, 0) is 0 Å². The predicted octanol–water partition coefficient (Wildman–Crippen LogP) is 0.266. The predicted molar refractivity (Wildman–Crippen MR) is 73.1 cm³/mol. The summed E-state index contributed by atoms with van der Waals surface area (Å²) in [6.45, 7) is 2.15. The number of nitrogens with zero attached hydrogens (tertiary/aromatic N) is 3. The molecular weight excluding hydrogens is 288 g/mol. The van der Waals surface area contributed by atoms with Crippen LogP contribution in [0.2, 0.25) is 0 Å². The van der Waals surface area contributed by atoms with Gasteiger partial charge in [0.2, 0.25) is 5.91 Å². The third-order valence-electron chi connectivity index (χ3n) is 2.77. The maximum absolute atomic E-state index is 12.0. The van der Waals surface area contributed by atoms with Gasteiger partial charge in [-0.1, -0.05) is 0 Å². The lowest BCUT2D eigenvalue weighted by Crippen LogP contribution is -2.42. The molecule has 0 saturated carbocycles.